The molecule has 30 heavy (non-hydrogen) atoms. The molecule has 2 amide bonds. The Balaban J connectivity index is 1.69. The fraction of sp³-hybridized carbons (Fsp3) is 0.125. The molecule has 0 aliphatic rings. The summed E-state index contributed by atoms with van der Waals surface area (Å²) in [6, 6.07) is 22.2. The summed E-state index contributed by atoms with van der Waals surface area (Å²) in [5, 5.41) is 5.78. The van der Waals surface area contributed by atoms with E-state index in [0.29, 0.717) is 11.2 Å². The molecule has 6 heteroatoms. The molecular formula is C24H22N4O2. The van der Waals surface area contributed by atoms with Gasteiger partial charge in [0.1, 0.15) is 0 Å². The lowest BCUT2D eigenvalue weighted by molar-refractivity contribution is 0.101. The number of imidazole rings is 1. The van der Waals surface area contributed by atoms with Gasteiger partial charge in [0, 0.05) is 17.6 Å². The number of nitrogens with zero attached hydrogens (tertiary/aromatic N) is 2. The highest BCUT2D eigenvalue weighted by Gasteiger charge is 2.22. The van der Waals surface area contributed by atoms with E-state index in [-0.39, 0.29) is 29.3 Å². The highest BCUT2D eigenvalue weighted by Crippen LogP contribution is 2.25. The number of hydrogen-bond acceptors (Lipinski definition) is 3. The summed E-state index contributed by atoms with van der Waals surface area (Å²) in [7, 11) is 0. The van der Waals surface area contributed by atoms with Crippen LogP contribution >= 0.6 is 0 Å². The third-order valence-corrected chi connectivity index (χ3v) is 4.83. The van der Waals surface area contributed by atoms with Gasteiger partial charge in [0.05, 0.1) is 5.52 Å². The Bertz CT molecular complexity index is 1210. The molecule has 4 aromatic rings. The van der Waals surface area contributed by atoms with E-state index in [1.807, 2.05) is 48.5 Å². The van der Waals surface area contributed by atoms with Crippen molar-refractivity contribution < 1.29 is 9.59 Å². The first-order valence-corrected chi connectivity index (χ1v) is 9.78. The molecule has 4 rings (SSSR count). The zero-order valence-electron chi connectivity index (χ0n) is 16.8. The first kappa shape index (κ1) is 19.4. The number of para-hydroxylation sites is 2. The molecule has 0 aliphatic carbocycles. The van der Waals surface area contributed by atoms with Gasteiger partial charge >= 0.3 is 0 Å². The maximum atomic E-state index is 13.1. The highest BCUT2D eigenvalue weighted by atomic mass is 16.2. The Labute approximate surface area is 174 Å². The summed E-state index contributed by atoms with van der Waals surface area (Å²) in [5.41, 5.74) is 3.20. The molecule has 0 bridgehead atoms. The summed E-state index contributed by atoms with van der Waals surface area (Å²) >= 11 is 0. The van der Waals surface area contributed by atoms with E-state index in [1.165, 1.54) is 0 Å². The number of nitrogens with one attached hydrogen (secondary N) is 2. The van der Waals surface area contributed by atoms with E-state index in [9.17, 15) is 9.59 Å². The van der Waals surface area contributed by atoms with Gasteiger partial charge in [-0.15, -0.1) is 0 Å². The Morgan fingerprint density at radius 2 is 1.53 bits per heavy atom. The molecule has 0 fully saturated rings. The van der Waals surface area contributed by atoms with Crippen molar-refractivity contribution in [3.63, 3.8) is 0 Å². The molecule has 0 saturated carbocycles. The topological polar surface area (TPSA) is 75.5 Å². The largest absolute Gasteiger partial charge is 0.320 e. The summed E-state index contributed by atoms with van der Waals surface area (Å²) < 4.78 is 1.63. The molecule has 0 aliphatic heterocycles. The molecule has 0 spiro atoms. The third kappa shape index (κ3) is 3.80. The minimum absolute atomic E-state index is 0.150. The van der Waals surface area contributed by atoms with Gasteiger partial charge in [0.15, 0.2) is 5.69 Å². The summed E-state index contributed by atoms with van der Waals surface area (Å²) in [5.74, 6) is -0.334. The molecule has 0 saturated heterocycles. The molecule has 150 valence electrons. The van der Waals surface area contributed by atoms with Crippen LogP contribution in [0.4, 0.5) is 11.4 Å². The van der Waals surface area contributed by atoms with Crippen LogP contribution < -0.4 is 10.6 Å². The third-order valence-electron chi connectivity index (χ3n) is 4.83. The van der Waals surface area contributed by atoms with E-state index >= 15 is 0 Å². The van der Waals surface area contributed by atoms with Crippen LogP contribution in [0.5, 0.6) is 0 Å². The standard InChI is InChI=1S/C24H22N4O2/c1-16(2)18-12-6-7-13-19(18)26-23(29)21-20-14-8-9-15-28(20)22(27-21)24(30)25-17-10-4-3-5-11-17/h3-16H,1-2H3,(H,25,30)(H,26,29). The lowest BCUT2D eigenvalue weighted by Crippen LogP contribution is -2.17. The average molecular weight is 398 g/mol. The lowest BCUT2D eigenvalue weighted by atomic mass is 10.0. The van der Waals surface area contributed by atoms with Crippen LogP contribution in [0.15, 0.2) is 79.0 Å². The minimum atomic E-state index is -0.385. The van der Waals surface area contributed by atoms with Crippen LogP contribution in [0.1, 0.15) is 46.4 Å². The number of anilines is 2. The predicted octanol–water partition coefficient (Wildman–Crippen LogP) is 4.96. The van der Waals surface area contributed by atoms with Crippen molar-refractivity contribution in [2.45, 2.75) is 19.8 Å². The highest BCUT2D eigenvalue weighted by molar-refractivity contribution is 6.10. The van der Waals surface area contributed by atoms with Gasteiger partial charge in [0.2, 0.25) is 5.82 Å². The zero-order valence-corrected chi connectivity index (χ0v) is 16.8. The van der Waals surface area contributed by atoms with Crippen molar-refractivity contribution >= 4 is 28.7 Å². The van der Waals surface area contributed by atoms with E-state index in [0.717, 1.165) is 11.3 Å². The second kappa shape index (κ2) is 8.21. The summed E-state index contributed by atoms with van der Waals surface area (Å²) in [4.78, 5) is 30.3. The lowest BCUT2D eigenvalue weighted by Gasteiger charge is -2.13. The predicted molar refractivity (Wildman–Crippen MR) is 118 cm³/mol. The van der Waals surface area contributed by atoms with Gasteiger partial charge in [-0.05, 0) is 41.8 Å². The van der Waals surface area contributed by atoms with E-state index in [4.69, 9.17) is 0 Å². The molecule has 2 aromatic heterocycles. The van der Waals surface area contributed by atoms with Gasteiger partial charge in [0.25, 0.3) is 11.8 Å². The number of rotatable bonds is 5. The van der Waals surface area contributed by atoms with Crippen LogP contribution in [0.25, 0.3) is 5.52 Å². The van der Waals surface area contributed by atoms with Crippen LogP contribution in [0.2, 0.25) is 0 Å². The molecule has 2 N–H and O–H groups in total. The van der Waals surface area contributed by atoms with Gasteiger partial charge in [-0.3, -0.25) is 14.0 Å². The van der Waals surface area contributed by atoms with E-state index < -0.39 is 0 Å². The van der Waals surface area contributed by atoms with Crippen molar-refractivity contribution in [1.82, 2.24) is 9.38 Å². The maximum absolute atomic E-state index is 13.1. The van der Waals surface area contributed by atoms with E-state index in [2.05, 4.69) is 29.5 Å². The fourth-order valence-electron chi connectivity index (χ4n) is 3.37. The fourth-order valence-corrected chi connectivity index (χ4v) is 3.37. The zero-order chi connectivity index (χ0) is 21.1. The number of fused-ring (bicyclic) bond motifs is 1. The Morgan fingerprint density at radius 3 is 2.30 bits per heavy atom. The van der Waals surface area contributed by atoms with Crippen molar-refractivity contribution in [3.05, 3.63) is 96.1 Å². The normalized spacial score (nSPS) is 10.9. The number of pyridine rings is 1. The quantitative estimate of drug-likeness (QED) is 0.499. The van der Waals surface area contributed by atoms with Crippen molar-refractivity contribution in [2.75, 3.05) is 10.6 Å². The number of benzene rings is 2. The minimum Gasteiger partial charge on any atom is -0.320 e. The average Bonchev–Trinajstić information content (AvgIpc) is 3.15. The number of amides is 2. The smallest absolute Gasteiger partial charge is 0.292 e. The molecule has 0 unspecified atom stereocenters. The molecule has 0 radical (unpaired) electrons. The SMILES string of the molecule is CC(C)c1ccccc1NC(=O)c1nc(C(=O)Nc2ccccc2)n2ccccc12. The maximum Gasteiger partial charge on any atom is 0.292 e. The monoisotopic (exact) mass is 398 g/mol. The number of carbonyl (C=O) groups excluding carboxylic acids is 2. The van der Waals surface area contributed by atoms with Crippen LogP contribution in [-0.2, 0) is 0 Å². The Hall–Kier alpha value is -3.93. The van der Waals surface area contributed by atoms with Crippen LogP contribution in [0.3, 0.4) is 0 Å². The van der Waals surface area contributed by atoms with Crippen LogP contribution in [0, 0.1) is 0 Å². The van der Waals surface area contributed by atoms with Gasteiger partial charge in [-0.2, -0.15) is 0 Å². The van der Waals surface area contributed by atoms with Crippen molar-refractivity contribution in [3.8, 4) is 0 Å². The molecule has 2 heterocycles. The summed E-state index contributed by atoms with van der Waals surface area (Å²) in [6.07, 6.45) is 1.72. The molecule has 6 nitrogen and oxygen atoms in total. The number of carbonyl (C=O) groups is 2. The summed E-state index contributed by atoms with van der Waals surface area (Å²) in [6.45, 7) is 4.14. The first-order chi connectivity index (χ1) is 14.5. The second-order valence-electron chi connectivity index (χ2n) is 7.26. The first-order valence-electron chi connectivity index (χ1n) is 9.78. The number of hydrogen-bond donors (Lipinski definition) is 2. The van der Waals surface area contributed by atoms with Crippen LogP contribution in [-0.4, -0.2) is 21.2 Å². The van der Waals surface area contributed by atoms with Crippen molar-refractivity contribution in [1.29, 1.82) is 0 Å². The van der Waals surface area contributed by atoms with Gasteiger partial charge in [-0.1, -0.05) is 56.3 Å². The van der Waals surface area contributed by atoms with Gasteiger partial charge < -0.3 is 10.6 Å². The molecule has 2 aromatic carbocycles. The van der Waals surface area contributed by atoms with E-state index in [1.54, 1.807) is 34.9 Å². The van der Waals surface area contributed by atoms with Crippen molar-refractivity contribution in [2.24, 2.45) is 0 Å². The Morgan fingerprint density at radius 1 is 0.833 bits per heavy atom. The second-order valence-corrected chi connectivity index (χ2v) is 7.26. The van der Waals surface area contributed by atoms with Gasteiger partial charge in [-0.25, -0.2) is 4.98 Å². The number of aromatic nitrogens is 2. The molecule has 0 atom stereocenters. The Kier molecular flexibility index (Phi) is 5.30. The molecular weight excluding hydrogens is 376 g/mol.